The minimum Gasteiger partial charge on any atom is -0.399 e. The topological polar surface area (TPSA) is 26.0 Å². The zero-order valence-corrected chi connectivity index (χ0v) is 10.9. The largest absolute Gasteiger partial charge is 0.399 e. The van der Waals surface area contributed by atoms with Crippen molar-refractivity contribution >= 4 is 29.1 Å². The Hall–Kier alpha value is -0.340. The van der Waals surface area contributed by atoms with E-state index < -0.39 is 0 Å². The highest BCUT2D eigenvalue weighted by atomic mass is 35.5. The molecule has 0 bridgehead atoms. The molecular weight excluding hydrogens is 226 g/mol. The second kappa shape index (κ2) is 6.29. The van der Waals surface area contributed by atoms with Crippen molar-refractivity contribution in [2.24, 2.45) is 5.92 Å². The van der Waals surface area contributed by atoms with E-state index in [1.807, 2.05) is 30.0 Å². The Bertz CT molecular complexity index is 312. The number of thioether (sulfide) groups is 1. The van der Waals surface area contributed by atoms with E-state index in [4.69, 9.17) is 17.3 Å². The Morgan fingerprint density at radius 1 is 1.40 bits per heavy atom. The molecule has 0 saturated heterocycles. The van der Waals surface area contributed by atoms with E-state index in [1.165, 1.54) is 17.7 Å². The summed E-state index contributed by atoms with van der Waals surface area (Å²) in [7, 11) is 0. The fourth-order valence-electron chi connectivity index (χ4n) is 1.18. The van der Waals surface area contributed by atoms with E-state index in [9.17, 15) is 0 Å². The molecule has 0 heterocycles. The molecule has 1 aromatic rings. The Morgan fingerprint density at radius 2 is 2.13 bits per heavy atom. The first kappa shape index (κ1) is 12.7. The summed E-state index contributed by atoms with van der Waals surface area (Å²) in [6, 6.07) is 5.74. The van der Waals surface area contributed by atoms with Gasteiger partial charge in [0.25, 0.3) is 0 Å². The van der Waals surface area contributed by atoms with Gasteiger partial charge in [0.1, 0.15) is 0 Å². The van der Waals surface area contributed by atoms with Crippen molar-refractivity contribution in [3.63, 3.8) is 0 Å². The Balaban J connectivity index is 2.37. The third-order valence-electron chi connectivity index (χ3n) is 2.17. The van der Waals surface area contributed by atoms with Crippen molar-refractivity contribution in [2.75, 3.05) is 11.5 Å². The highest BCUT2D eigenvalue weighted by Gasteiger charge is 2.01. The van der Waals surface area contributed by atoms with Crippen LogP contribution in [0.1, 0.15) is 25.8 Å². The predicted octanol–water partition coefficient (Wildman–Crippen LogP) is 4.20. The molecular formula is C12H18ClNS. The molecule has 1 rings (SSSR count). The van der Waals surface area contributed by atoms with Crippen molar-refractivity contribution in [1.29, 1.82) is 0 Å². The third-order valence-corrected chi connectivity index (χ3v) is 3.57. The van der Waals surface area contributed by atoms with Crippen LogP contribution in [0, 0.1) is 5.92 Å². The average Bonchev–Trinajstić information content (AvgIpc) is 2.14. The summed E-state index contributed by atoms with van der Waals surface area (Å²) in [6.07, 6.45) is 1.26. The Morgan fingerprint density at radius 3 is 2.73 bits per heavy atom. The van der Waals surface area contributed by atoms with Crippen molar-refractivity contribution in [1.82, 2.24) is 0 Å². The van der Waals surface area contributed by atoms with Crippen LogP contribution in [0.4, 0.5) is 5.69 Å². The van der Waals surface area contributed by atoms with Crippen molar-refractivity contribution in [3.8, 4) is 0 Å². The van der Waals surface area contributed by atoms with Gasteiger partial charge in [-0.3, -0.25) is 0 Å². The van der Waals surface area contributed by atoms with Crippen LogP contribution in [-0.2, 0) is 5.75 Å². The second-order valence-electron chi connectivity index (χ2n) is 4.09. The molecule has 1 aromatic carbocycles. The van der Waals surface area contributed by atoms with Gasteiger partial charge in [0.2, 0.25) is 0 Å². The van der Waals surface area contributed by atoms with Crippen LogP contribution < -0.4 is 5.73 Å². The molecule has 0 aliphatic carbocycles. The van der Waals surface area contributed by atoms with Gasteiger partial charge in [-0.25, -0.2) is 0 Å². The molecule has 0 aliphatic heterocycles. The summed E-state index contributed by atoms with van der Waals surface area (Å²) in [5.74, 6) is 2.95. The summed E-state index contributed by atoms with van der Waals surface area (Å²) in [4.78, 5) is 0. The summed E-state index contributed by atoms with van der Waals surface area (Å²) in [5, 5.41) is 0.784. The lowest BCUT2D eigenvalue weighted by Crippen LogP contribution is -1.92. The van der Waals surface area contributed by atoms with Crippen molar-refractivity contribution in [3.05, 3.63) is 28.8 Å². The molecule has 84 valence electrons. The summed E-state index contributed by atoms with van der Waals surface area (Å²) in [6.45, 7) is 4.49. The van der Waals surface area contributed by atoms with Gasteiger partial charge in [0, 0.05) is 16.5 Å². The number of nitrogen functional groups attached to an aromatic ring is 1. The highest BCUT2D eigenvalue weighted by molar-refractivity contribution is 7.98. The fourth-order valence-corrected chi connectivity index (χ4v) is 2.77. The lowest BCUT2D eigenvalue weighted by Gasteiger charge is -2.06. The van der Waals surface area contributed by atoms with E-state index in [1.54, 1.807) is 0 Å². The molecule has 0 unspecified atom stereocenters. The van der Waals surface area contributed by atoms with E-state index in [0.717, 1.165) is 22.4 Å². The molecule has 0 radical (unpaired) electrons. The number of anilines is 1. The number of nitrogens with two attached hydrogens (primary N) is 1. The molecule has 0 amide bonds. The molecule has 0 fully saturated rings. The van der Waals surface area contributed by atoms with E-state index in [-0.39, 0.29) is 0 Å². The fraction of sp³-hybridized carbons (Fsp3) is 0.500. The normalized spacial score (nSPS) is 10.9. The van der Waals surface area contributed by atoms with Gasteiger partial charge in [-0.2, -0.15) is 11.8 Å². The second-order valence-corrected chi connectivity index (χ2v) is 5.60. The van der Waals surface area contributed by atoms with Crippen LogP contribution in [-0.4, -0.2) is 5.75 Å². The lowest BCUT2D eigenvalue weighted by atomic mass is 10.2. The van der Waals surface area contributed by atoms with Gasteiger partial charge in [-0.1, -0.05) is 31.5 Å². The zero-order chi connectivity index (χ0) is 11.3. The number of halogens is 1. The molecule has 0 spiro atoms. The maximum atomic E-state index is 6.08. The van der Waals surface area contributed by atoms with Crippen LogP contribution in [0.25, 0.3) is 0 Å². The van der Waals surface area contributed by atoms with Crippen LogP contribution in [0.15, 0.2) is 18.2 Å². The monoisotopic (exact) mass is 243 g/mol. The van der Waals surface area contributed by atoms with E-state index in [0.29, 0.717) is 0 Å². The lowest BCUT2D eigenvalue weighted by molar-refractivity contribution is 0.632. The van der Waals surface area contributed by atoms with Crippen LogP contribution in [0.2, 0.25) is 5.02 Å². The SMILES string of the molecule is CC(C)CCSCc1ccc(N)cc1Cl. The van der Waals surface area contributed by atoms with Gasteiger partial charge in [0.05, 0.1) is 0 Å². The zero-order valence-electron chi connectivity index (χ0n) is 9.29. The first-order chi connectivity index (χ1) is 7.09. The minimum atomic E-state index is 0.732. The molecule has 0 saturated carbocycles. The molecule has 15 heavy (non-hydrogen) atoms. The van der Waals surface area contributed by atoms with Gasteiger partial charge >= 0.3 is 0 Å². The first-order valence-corrected chi connectivity index (χ1v) is 6.74. The standard InChI is InChI=1S/C12H18ClNS/c1-9(2)5-6-15-8-10-3-4-11(14)7-12(10)13/h3-4,7,9H,5-6,8,14H2,1-2H3. The Kier molecular flexibility index (Phi) is 5.34. The van der Waals surface area contributed by atoms with E-state index >= 15 is 0 Å². The van der Waals surface area contributed by atoms with E-state index in [2.05, 4.69) is 13.8 Å². The first-order valence-electron chi connectivity index (χ1n) is 5.21. The summed E-state index contributed by atoms with van der Waals surface area (Å²) >= 11 is 8.01. The molecule has 2 N–H and O–H groups in total. The number of hydrogen-bond donors (Lipinski definition) is 1. The van der Waals surface area contributed by atoms with Gasteiger partial charge in [0.15, 0.2) is 0 Å². The minimum absolute atomic E-state index is 0.732. The average molecular weight is 244 g/mol. The van der Waals surface area contributed by atoms with Crippen molar-refractivity contribution in [2.45, 2.75) is 26.0 Å². The number of rotatable bonds is 5. The quantitative estimate of drug-likeness (QED) is 0.620. The van der Waals surface area contributed by atoms with Crippen LogP contribution in [0.5, 0.6) is 0 Å². The van der Waals surface area contributed by atoms with Crippen LogP contribution >= 0.6 is 23.4 Å². The predicted molar refractivity (Wildman–Crippen MR) is 71.5 cm³/mol. The van der Waals surface area contributed by atoms with Gasteiger partial charge in [-0.15, -0.1) is 0 Å². The van der Waals surface area contributed by atoms with Crippen molar-refractivity contribution < 1.29 is 0 Å². The van der Waals surface area contributed by atoms with Gasteiger partial charge < -0.3 is 5.73 Å². The highest BCUT2D eigenvalue weighted by Crippen LogP contribution is 2.24. The smallest absolute Gasteiger partial charge is 0.0466 e. The molecule has 0 atom stereocenters. The molecule has 3 heteroatoms. The maximum Gasteiger partial charge on any atom is 0.0466 e. The molecule has 0 aliphatic rings. The molecule has 1 nitrogen and oxygen atoms in total. The molecule has 0 aromatic heterocycles. The third kappa shape index (κ3) is 4.80. The maximum absolute atomic E-state index is 6.08. The Labute approximate surface area is 101 Å². The summed E-state index contributed by atoms with van der Waals surface area (Å²) < 4.78 is 0. The van der Waals surface area contributed by atoms with Gasteiger partial charge in [-0.05, 0) is 35.8 Å². The summed E-state index contributed by atoms with van der Waals surface area (Å²) in [5.41, 5.74) is 7.54. The number of benzene rings is 1. The number of hydrogen-bond acceptors (Lipinski definition) is 2. The van der Waals surface area contributed by atoms with Crippen LogP contribution in [0.3, 0.4) is 0 Å².